The third-order valence-corrected chi connectivity index (χ3v) is 4.22. The molecule has 0 unspecified atom stereocenters. The van der Waals surface area contributed by atoms with E-state index in [-0.39, 0.29) is 12.2 Å². The second kappa shape index (κ2) is 11.9. The summed E-state index contributed by atoms with van der Waals surface area (Å²) in [6.07, 6.45) is 19.3. The maximum atomic E-state index is 12.0. The quantitative estimate of drug-likeness (QED) is 0.322. The summed E-state index contributed by atoms with van der Waals surface area (Å²) >= 11 is 0. The van der Waals surface area contributed by atoms with E-state index in [1.54, 1.807) is 0 Å². The van der Waals surface area contributed by atoms with Gasteiger partial charge in [0, 0.05) is 12.8 Å². The fourth-order valence-electron chi connectivity index (χ4n) is 2.84. The topological polar surface area (TPSA) is 54.4 Å². The van der Waals surface area contributed by atoms with E-state index in [4.69, 9.17) is 5.11 Å². The predicted octanol–water partition coefficient (Wildman–Crippen LogP) is 5.23. The summed E-state index contributed by atoms with van der Waals surface area (Å²) < 4.78 is 0. The molecule has 1 aliphatic carbocycles. The third-order valence-electron chi connectivity index (χ3n) is 4.22. The van der Waals surface area contributed by atoms with Gasteiger partial charge in [-0.25, -0.2) is 0 Å². The fourth-order valence-corrected chi connectivity index (χ4v) is 2.84. The summed E-state index contributed by atoms with van der Waals surface area (Å²) in [5, 5.41) is 8.58. The number of hydrogen-bond acceptors (Lipinski definition) is 2. The number of hydrogen-bond donors (Lipinski definition) is 1. The maximum Gasteiger partial charge on any atom is 0.303 e. The first-order valence-corrected chi connectivity index (χ1v) is 8.91. The van der Waals surface area contributed by atoms with Gasteiger partial charge >= 0.3 is 5.97 Å². The van der Waals surface area contributed by atoms with E-state index in [1.807, 2.05) is 18.2 Å². The van der Waals surface area contributed by atoms with E-state index >= 15 is 0 Å². The Balaban J connectivity index is 2.37. The van der Waals surface area contributed by atoms with Crippen molar-refractivity contribution in [3.63, 3.8) is 0 Å². The Hall–Kier alpha value is -1.64. The van der Waals surface area contributed by atoms with E-state index < -0.39 is 5.97 Å². The van der Waals surface area contributed by atoms with Crippen LogP contribution in [0.3, 0.4) is 0 Å². The van der Waals surface area contributed by atoms with Crippen LogP contribution in [0.4, 0.5) is 0 Å². The molecule has 128 valence electrons. The average molecular weight is 318 g/mol. The molecular weight excluding hydrogens is 288 g/mol. The van der Waals surface area contributed by atoms with Gasteiger partial charge in [-0.2, -0.15) is 0 Å². The second-order valence-corrected chi connectivity index (χ2v) is 6.20. The fraction of sp³-hybridized carbons (Fsp3) is 0.600. The number of ketones is 1. The Kier molecular flexibility index (Phi) is 10.0. The Bertz CT molecular complexity index is 458. The lowest BCUT2D eigenvalue weighted by atomic mass is 9.97. The monoisotopic (exact) mass is 318 g/mol. The molecule has 0 saturated heterocycles. The number of carbonyl (C=O) groups excluding carboxylic acids is 1. The lowest BCUT2D eigenvalue weighted by molar-refractivity contribution is -0.137. The Morgan fingerprint density at radius 3 is 2.70 bits per heavy atom. The van der Waals surface area contributed by atoms with Crippen LogP contribution in [0.1, 0.15) is 71.1 Å². The molecule has 23 heavy (non-hydrogen) atoms. The average Bonchev–Trinajstić information content (AvgIpc) is 2.86. The number of rotatable bonds is 11. The normalized spacial score (nSPS) is 20.3. The van der Waals surface area contributed by atoms with Crippen LogP contribution in [-0.2, 0) is 9.59 Å². The zero-order chi connectivity index (χ0) is 16.9. The van der Waals surface area contributed by atoms with Crippen LogP contribution in [0, 0.1) is 5.92 Å². The van der Waals surface area contributed by atoms with Crippen molar-refractivity contribution in [3.05, 3.63) is 36.0 Å². The summed E-state index contributed by atoms with van der Waals surface area (Å²) in [6.45, 7) is 2.20. The molecule has 1 N–H and O–H groups in total. The summed E-state index contributed by atoms with van der Waals surface area (Å²) in [6, 6.07) is 0. The molecule has 0 bridgehead atoms. The number of unbranched alkanes of at least 4 members (excludes halogenated alkanes) is 4. The third kappa shape index (κ3) is 8.53. The number of carbonyl (C=O) groups is 2. The van der Waals surface area contributed by atoms with Gasteiger partial charge in [-0.3, -0.25) is 9.59 Å². The van der Waals surface area contributed by atoms with Gasteiger partial charge in [0.1, 0.15) is 0 Å². The first-order valence-electron chi connectivity index (χ1n) is 8.91. The van der Waals surface area contributed by atoms with Crippen molar-refractivity contribution in [2.75, 3.05) is 0 Å². The van der Waals surface area contributed by atoms with Crippen molar-refractivity contribution in [1.29, 1.82) is 0 Å². The highest BCUT2D eigenvalue weighted by atomic mass is 16.4. The molecular formula is C20H30O3. The van der Waals surface area contributed by atoms with Gasteiger partial charge in [0.2, 0.25) is 0 Å². The van der Waals surface area contributed by atoms with Crippen molar-refractivity contribution < 1.29 is 14.7 Å². The molecule has 0 radical (unpaired) electrons. The summed E-state index contributed by atoms with van der Waals surface area (Å²) in [4.78, 5) is 22.4. The van der Waals surface area contributed by atoms with E-state index in [0.29, 0.717) is 18.8 Å². The molecule has 0 aliphatic heterocycles. The molecule has 1 aliphatic rings. The highest BCUT2D eigenvalue weighted by Crippen LogP contribution is 2.31. The van der Waals surface area contributed by atoms with Gasteiger partial charge in [0.15, 0.2) is 5.78 Å². The number of aliphatic carboxylic acids is 1. The van der Waals surface area contributed by atoms with Crippen LogP contribution in [0.15, 0.2) is 36.0 Å². The Labute approximate surface area is 140 Å². The van der Waals surface area contributed by atoms with Crippen LogP contribution < -0.4 is 0 Å². The number of Topliss-reactive ketones (excluding diaryl/α,β-unsaturated/α-hetero) is 1. The van der Waals surface area contributed by atoms with E-state index in [1.165, 1.54) is 19.3 Å². The van der Waals surface area contributed by atoms with Crippen molar-refractivity contribution in [1.82, 2.24) is 0 Å². The standard InChI is InChI=1S/C20H30O3/c1-2-3-4-5-6-10-13-18-17(15-16-19(18)21)12-9-7-8-11-14-20(22)23/h6-7,9-10,13,17H,2-5,8,11-12,14-16H2,1H3,(H,22,23)/b9-7-,10-6-,18-13+/t17-/m0/s1. The highest BCUT2D eigenvalue weighted by molar-refractivity contribution is 5.98. The van der Waals surface area contributed by atoms with Crippen LogP contribution >= 0.6 is 0 Å². The largest absolute Gasteiger partial charge is 0.481 e. The molecule has 0 aromatic carbocycles. The molecule has 1 fully saturated rings. The first-order chi connectivity index (χ1) is 11.1. The van der Waals surface area contributed by atoms with Crippen LogP contribution in [0.2, 0.25) is 0 Å². The predicted molar refractivity (Wildman–Crippen MR) is 94.3 cm³/mol. The number of allylic oxidation sites excluding steroid dienone is 6. The maximum absolute atomic E-state index is 12.0. The molecule has 3 heteroatoms. The zero-order valence-corrected chi connectivity index (χ0v) is 14.3. The van der Waals surface area contributed by atoms with Crippen LogP contribution in [-0.4, -0.2) is 16.9 Å². The molecule has 3 nitrogen and oxygen atoms in total. The van der Waals surface area contributed by atoms with Crippen LogP contribution in [0.25, 0.3) is 0 Å². The molecule has 0 spiro atoms. The first kappa shape index (κ1) is 19.4. The van der Waals surface area contributed by atoms with Crippen LogP contribution in [0.5, 0.6) is 0 Å². The molecule has 1 rings (SSSR count). The molecule has 1 saturated carbocycles. The summed E-state index contributed by atoms with van der Waals surface area (Å²) in [5.41, 5.74) is 0.965. The minimum atomic E-state index is -0.740. The minimum absolute atomic E-state index is 0.222. The SMILES string of the molecule is CCCCC/C=C\C=C1\C(=O)CC[C@@H]1C/C=C\CCCC(=O)O. The van der Waals surface area contributed by atoms with Gasteiger partial charge in [0.25, 0.3) is 0 Å². The van der Waals surface area contributed by atoms with Crippen molar-refractivity contribution in [3.8, 4) is 0 Å². The number of carboxylic acid groups (broad SMARTS) is 1. The lowest BCUT2D eigenvalue weighted by Crippen LogP contribution is -2.00. The van der Waals surface area contributed by atoms with Gasteiger partial charge < -0.3 is 5.11 Å². The number of carboxylic acids is 1. The Morgan fingerprint density at radius 1 is 1.17 bits per heavy atom. The Morgan fingerprint density at radius 2 is 1.96 bits per heavy atom. The van der Waals surface area contributed by atoms with Gasteiger partial charge in [-0.1, -0.05) is 50.1 Å². The van der Waals surface area contributed by atoms with Crippen molar-refractivity contribution in [2.24, 2.45) is 5.92 Å². The lowest BCUT2D eigenvalue weighted by Gasteiger charge is -2.06. The van der Waals surface area contributed by atoms with Crippen molar-refractivity contribution in [2.45, 2.75) is 71.1 Å². The molecule has 0 aromatic rings. The molecule has 0 aromatic heterocycles. The van der Waals surface area contributed by atoms with Gasteiger partial charge in [-0.05, 0) is 50.0 Å². The molecule has 0 heterocycles. The van der Waals surface area contributed by atoms with E-state index in [9.17, 15) is 9.59 Å². The van der Waals surface area contributed by atoms with E-state index in [2.05, 4.69) is 19.1 Å². The van der Waals surface area contributed by atoms with Crippen molar-refractivity contribution >= 4 is 11.8 Å². The summed E-state index contributed by atoms with van der Waals surface area (Å²) in [5.74, 6) is -0.123. The van der Waals surface area contributed by atoms with E-state index in [0.717, 1.165) is 31.3 Å². The minimum Gasteiger partial charge on any atom is -0.481 e. The zero-order valence-electron chi connectivity index (χ0n) is 14.3. The highest BCUT2D eigenvalue weighted by Gasteiger charge is 2.26. The van der Waals surface area contributed by atoms with Gasteiger partial charge in [-0.15, -0.1) is 0 Å². The van der Waals surface area contributed by atoms with Gasteiger partial charge in [0.05, 0.1) is 0 Å². The molecule has 1 atom stereocenters. The second-order valence-electron chi connectivity index (χ2n) is 6.20. The summed E-state index contributed by atoms with van der Waals surface area (Å²) in [7, 11) is 0. The smallest absolute Gasteiger partial charge is 0.303 e. The molecule has 0 amide bonds.